The fourth-order valence-electron chi connectivity index (χ4n) is 1.93. The van der Waals surface area contributed by atoms with E-state index in [1.165, 1.54) is 0 Å². The van der Waals surface area contributed by atoms with E-state index in [-0.39, 0.29) is 17.5 Å². The van der Waals surface area contributed by atoms with Gasteiger partial charge in [0.15, 0.2) is 9.84 Å². The highest BCUT2D eigenvalue weighted by Gasteiger charge is 2.14. The molecular formula is C15H25NO2S. The summed E-state index contributed by atoms with van der Waals surface area (Å²) in [5.41, 5.74) is 1.96. The Kier molecular flexibility index (Phi) is 6.52. The van der Waals surface area contributed by atoms with Crippen molar-refractivity contribution in [2.45, 2.75) is 45.4 Å². The van der Waals surface area contributed by atoms with Crippen molar-refractivity contribution in [2.75, 3.05) is 12.3 Å². The van der Waals surface area contributed by atoms with Crippen LogP contribution in [0.1, 0.15) is 37.8 Å². The van der Waals surface area contributed by atoms with Crippen LogP contribution in [-0.4, -0.2) is 26.8 Å². The van der Waals surface area contributed by atoms with Crippen molar-refractivity contribution < 1.29 is 8.42 Å². The number of hydrogen-bond acceptors (Lipinski definition) is 3. The van der Waals surface area contributed by atoms with Gasteiger partial charge < -0.3 is 5.32 Å². The molecule has 0 aliphatic heterocycles. The summed E-state index contributed by atoms with van der Waals surface area (Å²) in [6, 6.07) is 7.93. The summed E-state index contributed by atoms with van der Waals surface area (Å²) in [5, 5.41) is 3.32. The van der Waals surface area contributed by atoms with Crippen LogP contribution in [-0.2, 0) is 15.6 Å². The Balaban J connectivity index is 2.51. The first kappa shape index (κ1) is 16.2. The summed E-state index contributed by atoms with van der Waals surface area (Å²) in [4.78, 5) is 0. The third kappa shape index (κ3) is 6.21. The van der Waals surface area contributed by atoms with Gasteiger partial charge >= 0.3 is 0 Å². The minimum atomic E-state index is -3.02. The molecule has 0 saturated carbocycles. The minimum Gasteiger partial charge on any atom is -0.314 e. The predicted octanol–water partition coefficient (Wildman–Crippen LogP) is 2.69. The zero-order valence-corrected chi connectivity index (χ0v) is 13.0. The van der Waals surface area contributed by atoms with Gasteiger partial charge in [0.25, 0.3) is 0 Å². The van der Waals surface area contributed by atoms with Crippen molar-refractivity contribution in [1.29, 1.82) is 0 Å². The van der Waals surface area contributed by atoms with E-state index >= 15 is 0 Å². The Hall–Kier alpha value is -0.870. The van der Waals surface area contributed by atoms with Crippen molar-refractivity contribution >= 4 is 9.84 Å². The van der Waals surface area contributed by atoms with Crippen molar-refractivity contribution in [3.05, 3.63) is 35.4 Å². The smallest absolute Gasteiger partial charge is 0.154 e. The summed E-state index contributed by atoms with van der Waals surface area (Å²) in [6.07, 6.45) is 1.74. The first-order valence-electron chi connectivity index (χ1n) is 6.93. The van der Waals surface area contributed by atoms with E-state index in [2.05, 4.69) is 12.2 Å². The van der Waals surface area contributed by atoms with E-state index < -0.39 is 9.84 Å². The molecule has 1 aromatic carbocycles. The lowest BCUT2D eigenvalue weighted by atomic mass is 10.1. The monoisotopic (exact) mass is 283 g/mol. The normalized spacial score (nSPS) is 13.4. The van der Waals surface area contributed by atoms with Crippen LogP contribution in [0.3, 0.4) is 0 Å². The Labute approximate surface area is 117 Å². The molecule has 4 heteroatoms. The van der Waals surface area contributed by atoms with Crippen LogP contribution in [0, 0.1) is 6.92 Å². The fraction of sp³-hybridized carbons (Fsp3) is 0.600. The fourth-order valence-corrected chi connectivity index (χ4v) is 3.59. The minimum absolute atomic E-state index is 0.153. The summed E-state index contributed by atoms with van der Waals surface area (Å²) < 4.78 is 24.2. The lowest BCUT2D eigenvalue weighted by Crippen LogP contribution is -2.29. The standard InChI is InChI=1S/C15H25NO2S/c1-4-10-16-14(3)9-11-19(17,18)12-15-8-6-5-7-13(15)2/h5-8,14,16H,4,9-12H2,1-3H3. The first-order chi connectivity index (χ1) is 8.94. The van der Waals surface area contributed by atoms with Gasteiger partial charge in [0.2, 0.25) is 0 Å². The molecule has 0 bridgehead atoms. The van der Waals surface area contributed by atoms with E-state index in [1.54, 1.807) is 0 Å². The number of benzene rings is 1. The van der Waals surface area contributed by atoms with Crippen molar-refractivity contribution in [2.24, 2.45) is 0 Å². The molecule has 1 aromatic rings. The second-order valence-corrected chi connectivity index (χ2v) is 7.35. The van der Waals surface area contributed by atoms with Gasteiger partial charge in [-0.15, -0.1) is 0 Å². The summed E-state index contributed by atoms with van der Waals surface area (Å²) >= 11 is 0. The average molecular weight is 283 g/mol. The van der Waals surface area contributed by atoms with Crippen LogP contribution in [0.4, 0.5) is 0 Å². The highest BCUT2D eigenvalue weighted by molar-refractivity contribution is 7.90. The molecule has 19 heavy (non-hydrogen) atoms. The maximum atomic E-state index is 12.1. The molecule has 3 nitrogen and oxygen atoms in total. The highest BCUT2D eigenvalue weighted by Crippen LogP contribution is 2.12. The van der Waals surface area contributed by atoms with Gasteiger partial charge in [-0.05, 0) is 44.4 Å². The third-order valence-electron chi connectivity index (χ3n) is 3.24. The molecule has 0 fully saturated rings. The van der Waals surface area contributed by atoms with Gasteiger partial charge in [-0.1, -0.05) is 31.2 Å². The van der Waals surface area contributed by atoms with Gasteiger partial charge in [-0.2, -0.15) is 0 Å². The van der Waals surface area contributed by atoms with Crippen molar-refractivity contribution in [1.82, 2.24) is 5.32 Å². The second-order valence-electron chi connectivity index (χ2n) is 5.16. The van der Waals surface area contributed by atoms with Crippen LogP contribution in [0.25, 0.3) is 0 Å². The van der Waals surface area contributed by atoms with Gasteiger partial charge in [0.05, 0.1) is 11.5 Å². The zero-order valence-electron chi connectivity index (χ0n) is 12.1. The number of nitrogens with one attached hydrogen (secondary N) is 1. The summed E-state index contributed by atoms with van der Waals surface area (Å²) in [5.74, 6) is 0.402. The van der Waals surface area contributed by atoms with Crippen molar-refractivity contribution in [3.63, 3.8) is 0 Å². The lowest BCUT2D eigenvalue weighted by Gasteiger charge is -2.13. The first-order valence-corrected chi connectivity index (χ1v) is 8.75. The Morgan fingerprint density at radius 2 is 1.95 bits per heavy atom. The molecule has 0 aliphatic carbocycles. The quantitative estimate of drug-likeness (QED) is 0.798. The molecule has 0 aromatic heterocycles. The summed E-state index contributed by atoms with van der Waals surface area (Å²) in [6.45, 7) is 7.04. The third-order valence-corrected chi connectivity index (χ3v) is 4.85. The van der Waals surface area contributed by atoms with Crippen molar-refractivity contribution in [3.8, 4) is 0 Å². The van der Waals surface area contributed by atoms with Gasteiger partial charge in [-0.25, -0.2) is 8.42 Å². The van der Waals surface area contributed by atoms with Crippen LogP contribution in [0.15, 0.2) is 24.3 Å². The molecule has 0 radical (unpaired) electrons. The molecule has 0 aliphatic rings. The van der Waals surface area contributed by atoms with E-state index in [1.807, 2.05) is 38.1 Å². The number of sulfone groups is 1. The van der Waals surface area contributed by atoms with E-state index in [0.29, 0.717) is 6.42 Å². The molecule has 0 spiro atoms. The molecule has 0 saturated heterocycles. The molecule has 1 atom stereocenters. The average Bonchev–Trinajstić information content (AvgIpc) is 2.36. The molecule has 108 valence electrons. The topological polar surface area (TPSA) is 46.2 Å². The number of hydrogen-bond donors (Lipinski definition) is 1. The second kappa shape index (κ2) is 7.65. The summed E-state index contributed by atoms with van der Waals surface area (Å²) in [7, 11) is -3.02. The van der Waals surface area contributed by atoms with Crippen LogP contribution in [0.5, 0.6) is 0 Å². The number of aryl methyl sites for hydroxylation is 1. The SMILES string of the molecule is CCCNC(C)CCS(=O)(=O)Cc1ccccc1C. The highest BCUT2D eigenvalue weighted by atomic mass is 32.2. The van der Waals surface area contributed by atoms with E-state index in [4.69, 9.17) is 0 Å². The number of rotatable bonds is 8. The Morgan fingerprint density at radius 3 is 2.58 bits per heavy atom. The van der Waals surface area contributed by atoms with E-state index in [9.17, 15) is 8.42 Å². The largest absolute Gasteiger partial charge is 0.314 e. The van der Waals surface area contributed by atoms with Gasteiger partial charge in [0, 0.05) is 6.04 Å². The van der Waals surface area contributed by atoms with Crippen LogP contribution < -0.4 is 5.32 Å². The van der Waals surface area contributed by atoms with E-state index in [0.717, 1.165) is 24.1 Å². The maximum Gasteiger partial charge on any atom is 0.154 e. The Morgan fingerprint density at radius 1 is 1.26 bits per heavy atom. The molecule has 0 heterocycles. The maximum absolute atomic E-state index is 12.1. The molecule has 0 amide bonds. The van der Waals surface area contributed by atoms with Gasteiger partial charge in [0.1, 0.15) is 0 Å². The molecule has 1 rings (SSSR count). The van der Waals surface area contributed by atoms with Crippen LogP contribution in [0.2, 0.25) is 0 Å². The predicted molar refractivity (Wildman–Crippen MR) is 81.0 cm³/mol. The zero-order chi connectivity index (χ0) is 14.3. The van der Waals surface area contributed by atoms with Gasteiger partial charge in [-0.3, -0.25) is 0 Å². The van der Waals surface area contributed by atoms with Crippen LogP contribution >= 0.6 is 0 Å². The molecule has 1 N–H and O–H groups in total. The lowest BCUT2D eigenvalue weighted by molar-refractivity contribution is 0.525. The molecular weight excluding hydrogens is 258 g/mol. The molecule has 1 unspecified atom stereocenters. The Bertz CT molecular complexity index is 483.